The summed E-state index contributed by atoms with van der Waals surface area (Å²) in [6.07, 6.45) is 2.30. The van der Waals surface area contributed by atoms with Crippen LogP contribution >= 0.6 is 0 Å². The molecule has 0 saturated heterocycles. The number of benzene rings is 4. The molecule has 0 saturated carbocycles. The minimum atomic E-state index is -2.27. The third-order valence-corrected chi connectivity index (χ3v) is 6.76. The Balaban J connectivity index is 1.64. The normalized spacial score (nSPS) is 11.9. The summed E-state index contributed by atoms with van der Waals surface area (Å²) in [5, 5.41) is 11.0. The van der Waals surface area contributed by atoms with Crippen LogP contribution in [0.25, 0.3) is 10.8 Å². The number of aryl methyl sites for hydroxylation is 2. The first-order chi connectivity index (χ1) is 16.9. The number of para-hydroxylation sites is 1. The van der Waals surface area contributed by atoms with Crippen LogP contribution in [0.1, 0.15) is 27.9 Å². The molecule has 0 spiro atoms. The molecule has 0 aliphatic carbocycles. The number of rotatable bonds is 9. The van der Waals surface area contributed by atoms with Crippen molar-refractivity contribution in [2.75, 3.05) is 23.3 Å². The number of nitrogens with zero attached hydrogens (tertiary/aromatic N) is 2. The van der Waals surface area contributed by atoms with E-state index in [1.807, 2.05) is 91.8 Å². The van der Waals surface area contributed by atoms with Crippen molar-refractivity contribution in [1.29, 1.82) is 0 Å². The van der Waals surface area contributed by atoms with Crippen molar-refractivity contribution in [3.63, 3.8) is 0 Å². The lowest BCUT2D eigenvalue weighted by atomic mass is 10.0. The maximum atomic E-state index is 12.7. The highest BCUT2D eigenvalue weighted by molar-refractivity contribution is 7.81. The zero-order chi connectivity index (χ0) is 24.9. The van der Waals surface area contributed by atoms with E-state index in [0.717, 1.165) is 40.4 Å². The summed E-state index contributed by atoms with van der Waals surface area (Å²) in [4.78, 5) is 13.1. The summed E-state index contributed by atoms with van der Waals surface area (Å²) in [5.41, 5.74) is 4.70. The number of fused-ring (bicyclic) bond motifs is 1. The standard InChI is InChI=1S/C28H28N2O4S/c1-29(2)26-14-6-12-24-23(26)11-7-15-27(24)30(35(33)34)25-13-4-3-9-21(25)10-5-8-20-16-18-22(19-17-20)28(31)32/h3-4,6-7,9,11-19H,5,8,10H2,1-2H3,(H,31,32)(H,33,34). The number of hydrogen-bond donors (Lipinski definition) is 2. The predicted octanol–water partition coefficient (Wildman–Crippen LogP) is 6.05. The van der Waals surface area contributed by atoms with Gasteiger partial charge in [-0.3, -0.25) is 4.55 Å². The van der Waals surface area contributed by atoms with Gasteiger partial charge in [0.05, 0.1) is 16.9 Å². The monoisotopic (exact) mass is 488 g/mol. The molecule has 6 nitrogen and oxygen atoms in total. The smallest absolute Gasteiger partial charge is 0.335 e. The average molecular weight is 489 g/mol. The minimum absolute atomic E-state index is 0.271. The number of hydrogen-bond acceptors (Lipinski definition) is 3. The van der Waals surface area contributed by atoms with Crippen molar-refractivity contribution < 1.29 is 18.7 Å². The summed E-state index contributed by atoms with van der Waals surface area (Å²) in [6.45, 7) is 0. The average Bonchev–Trinajstić information content (AvgIpc) is 2.85. The van der Waals surface area contributed by atoms with E-state index < -0.39 is 17.2 Å². The maximum Gasteiger partial charge on any atom is 0.335 e. The third-order valence-electron chi connectivity index (χ3n) is 6.06. The summed E-state index contributed by atoms with van der Waals surface area (Å²) in [7, 11) is 3.96. The van der Waals surface area contributed by atoms with Gasteiger partial charge in [0.15, 0.2) is 0 Å². The molecule has 0 fully saturated rings. The fourth-order valence-electron chi connectivity index (χ4n) is 4.36. The summed E-state index contributed by atoms with van der Waals surface area (Å²) >= 11 is -2.27. The number of anilines is 3. The maximum absolute atomic E-state index is 12.7. The van der Waals surface area contributed by atoms with Crippen LogP contribution in [0.2, 0.25) is 0 Å². The number of carboxylic acid groups (broad SMARTS) is 1. The molecule has 4 aromatic rings. The highest BCUT2D eigenvalue weighted by atomic mass is 32.2. The molecule has 180 valence electrons. The van der Waals surface area contributed by atoms with Crippen molar-refractivity contribution in [2.45, 2.75) is 19.3 Å². The first-order valence-corrected chi connectivity index (χ1v) is 12.4. The van der Waals surface area contributed by atoms with Crippen LogP contribution in [0.3, 0.4) is 0 Å². The lowest BCUT2D eigenvalue weighted by Gasteiger charge is -2.25. The van der Waals surface area contributed by atoms with E-state index in [0.29, 0.717) is 17.8 Å². The van der Waals surface area contributed by atoms with Crippen LogP contribution in [0.4, 0.5) is 17.1 Å². The molecule has 0 aromatic heterocycles. The molecule has 0 aliphatic heterocycles. The quantitative estimate of drug-likeness (QED) is 0.280. The van der Waals surface area contributed by atoms with E-state index in [1.165, 1.54) is 4.31 Å². The van der Waals surface area contributed by atoms with E-state index in [-0.39, 0.29) is 5.56 Å². The van der Waals surface area contributed by atoms with Crippen LogP contribution in [-0.4, -0.2) is 33.9 Å². The number of aromatic carboxylic acids is 1. The topological polar surface area (TPSA) is 81.1 Å². The molecule has 2 N–H and O–H groups in total. The van der Waals surface area contributed by atoms with Gasteiger partial charge in [0.1, 0.15) is 0 Å². The summed E-state index contributed by atoms with van der Waals surface area (Å²) < 4.78 is 24.6. The van der Waals surface area contributed by atoms with Gasteiger partial charge in [-0.1, -0.05) is 54.6 Å². The van der Waals surface area contributed by atoms with Crippen molar-refractivity contribution in [2.24, 2.45) is 0 Å². The lowest BCUT2D eigenvalue weighted by Crippen LogP contribution is -2.21. The first-order valence-electron chi connectivity index (χ1n) is 11.4. The SMILES string of the molecule is CN(C)c1cccc2c(N(c3ccccc3CCCc3ccc(C(=O)O)cc3)S(=O)O)cccc12. The second-order valence-corrected chi connectivity index (χ2v) is 9.38. The molecule has 1 unspecified atom stereocenters. The molecule has 4 rings (SSSR count). The highest BCUT2D eigenvalue weighted by Gasteiger charge is 2.21. The van der Waals surface area contributed by atoms with Gasteiger partial charge in [0, 0.05) is 30.6 Å². The van der Waals surface area contributed by atoms with Gasteiger partial charge in [0.2, 0.25) is 0 Å². The van der Waals surface area contributed by atoms with Crippen LogP contribution in [-0.2, 0) is 24.1 Å². The van der Waals surface area contributed by atoms with Crippen molar-refractivity contribution >= 4 is 45.1 Å². The fraction of sp³-hybridized carbons (Fsp3) is 0.179. The van der Waals surface area contributed by atoms with E-state index in [4.69, 9.17) is 5.11 Å². The fourth-order valence-corrected chi connectivity index (χ4v) is 5.03. The van der Waals surface area contributed by atoms with Gasteiger partial charge >= 0.3 is 5.97 Å². The Kier molecular flexibility index (Phi) is 7.48. The van der Waals surface area contributed by atoms with E-state index in [1.54, 1.807) is 12.1 Å². The molecule has 0 amide bonds. The Bertz CT molecular complexity index is 1370. The Hall–Kier alpha value is -3.68. The first kappa shape index (κ1) is 24.4. The zero-order valence-corrected chi connectivity index (χ0v) is 20.5. The Morgan fingerprint density at radius 2 is 1.37 bits per heavy atom. The van der Waals surface area contributed by atoms with Crippen molar-refractivity contribution in [1.82, 2.24) is 0 Å². The second-order valence-electron chi connectivity index (χ2n) is 8.55. The molecular formula is C28H28N2O4S. The number of carboxylic acids is 1. The summed E-state index contributed by atoms with van der Waals surface area (Å²) in [5.74, 6) is -0.936. The molecule has 0 bridgehead atoms. The van der Waals surface area contributed by atoms with E-state index in [2.05, 4.69) is 0 Å². The lowest BCUT2D eigenvalue weighted by molar-refractivity contribution is 0.0697. The van der Waals surface area contributed by atoms with Gasteiger partial charge in [-0.2, -0.15) is 0 Å². The van der Waals surface area contributed by atoms with Gasteiger partial charge in [-0.15, -0.1) is 0 Å². The minimum Gasteiger partial charge on any atom is -0.478 e. The zero-order valence-electron chi connectivity index (χ0n) is 19.7. The molecule has 7 heteroatoms. The molecule has 4 aromatic carbocycles. The van der Waals surface area contributed by atoms with Crippen LogP contribution in [0.5, 0.6) is 0 Å². The summed E-state index contributed by atoms with van der Waals surface area (Å²) in [6, 6.07) is 26.3. The van der Waals surface area contributed by atoms with Crippen LogP contribution in [0, 0.1) is 0 Å². The predicted molar refractivity (Wildman–Crippen MR) is 143 cm³/mol. The highest BCUT2D eigenvalue weighted by Crippen LogP contribution is 2.38. The third kappa shape index (κ3) is 5.37. The molecular weight excluding hydrogens is 460 g/mol. The van der Waals surface area contributed by atoms with E-state index >= 15 is 0 Å². The van der Waals surface area contributed by atoms with Crippen molar-refractivity contribution in [3.8, 4) is 0 Å². The second kappa shape index (κ2) is 10.7. The molecule has 1 atom stereocenters. The Morgan fingerprint density at radius 1 is 0.771 bits per heavy atom. The molecule has 0 radical (unpaired) electrons. The van der Waals surface area contributed by atoms with Gasteiger partial charge in [0.25, 0.3) is 11.3 Å². The number of carbonyl (C=O) groups is 1. The Labute approximate surface area is 207 Å². The van der Waals surface area contributed by atoms with Gasteiger partial charge < -0.3 is 10.0 Å². The Morgan fingerprint density at radius 3 is 2.00 bits per heavy atom. The van der Waals surface area contributed by atoms with Crippen LogP contribution in [0.15, 0.2) is 84.9 Å². The largest absolute Gasteiger partial charge is 0.478 e. The van der Waals surface area contributed by atoms with Crippen LogP contribution < -0.4 is 9.21 Å². The molecule has 35 heavy (non-hydrogen) atoms. The van der Waals surface area contributed by atoms with Gasteiger partial charge in [-0.25, -0.2) is 13.3 Å². The molecule has 0 heterocycles. The molecule has 0 aliphatic rings. The van der Waals surface area contributed by atoms with E-state index in [9.17, 15) is 13.6 Å². The van der Waals surface area contributed by atoms with Crippen molar-refractivity contribution in [3.05, 3.63) is 102 Å². The van der Waals surface area contributed by atoms with Gasteiger partial charge in [-0.05, 0) is 60.7 Å².